The maximum absolute atomic E-state index is 10.3. The van der Waals surface area contributed by atoms with Gasteiger partial charge in [0.15, 0.2) is 0 Å². The molecule has 0 aromatic rings. The highest BCUT2D eigenvalue weighted by Gasteiger charge is 2.21. The highest BCUT2D eigenvalue weighted by molar-refractivity contribution is 5.51. The Bertz CT molecular complexity index is 147. The summed E-state index contributed by atoms with van der Waals surface area (Å²) in [7, 11) is 2.05. The molecule has 0 amide bonds. The Morgan fingerprint density at radius 3 is 2.83 bits per heavy atom. The molecule has 1 aliphatic rings. The molecular formula is C10H19NO. The van der Waals surface area contributed by atoms with Gasteiger partial charge in [-0.05, 0) is 25.8 Å². The van der Waals surface area contributed by atoms with Gasteiger partial charge in [0.2, 0.25) is 0 Å². The fourth-order valence-corrected chi connectivity index (χ4v) is 2.07. The van der Waals surface area contributed by atoms with Crippen molar-refractivity contribution in [3.8, 4) is 0 Å². The van der Waals surface area contributed by atoms with Crippen molar-refractivity contribution < 1.29 is 4.79 Å². The zero-order chi connectivity index (χ0) is 8.97. The maximum Gasteiger partial charge on any atom is 0.133 e. The lowest BCUT2D eigenvalue weighted by molar-refractivity contribution is -0.109. The van der Waals surface area contributed by atoms with E-state index in [2.05, 4.69) is 18.9 Å². The molecule has 0 spiro atoms. The Hall–Kier alpha value is -0.370. The monoisotopic (exact) mass is 169 g/mol. The second-order valence-electron chi connectivity index (χ2n) is 4.03. The smallest absolute Gasteiger partial charge is 0.133 e. The first-order valence-corrected chi connectivity index (χ1v) is 4.88. The van der Waals surface area contributed by atoms with Crippen molar-refractivity contribution in [3.63, 3.8) is 0 Å². The molecule has 2 nitrogen and oxygen atoms in total. The van der Waals surface area contributed by atoms with Crippen molar-refractivity contribution in [2.24, 2.45) is 5.92 Å². The molecule has 0 saturated heterocycles. The molecule has 0 bridgehead atoms. The van der Waals surface area contributed by atoms with Gasteiger partial charge in [0.25, 0.3) is 0 Å². The number of likely N-dealkylation sites (N-methyl/N-ethyl adjacent to an activating group) is 1. The first-order valence-electron chi connectivity index (χ1n) is 4.88. The normalized spacial score (nSPS) is 30.6. The first kappa shape index (κ1) is 9.72. The van der Waals surface area contributed by atoms with E-state index in [0.717, 1.165) is 12.2 Å². The minimum absolute atomic E-state index is 0.595. The molecule has 12 heavy (non-hydrogen) atoms. The van der Waals surface area contributed by atoms with Crippen molar-refractivity contribution in [2.75, 3.05) is 13.6 Å². The predicted octanol–water partition coefficient (Wildman–Crippen LogP) is 1.70. The van der Waals surface area contributed by atoms with E-state index < -0.39 is 0 Å². The van der Waals surface area contributed by atoms with Crippen LogP contribution in [-0.4, -0.2) is 30.8 Å². The van der Waals surface area contributed by atoms with Crippen LogP contribution in [0.1, 0.15) is 32.6 Å². The molecule has 1 fully saturated rings. The van der Waals surface area contributed by atoms with E-state index in [1.165, 1.54) is 25.7 Å². The van der Waals surface area contributed by atoms with Gasteiger partial charge >= 0.3 is 0 Å². The van der Waals surface area contributed by atoms with E-state index in [1.807, 2.05) is 0 Å². The van der Waals surface area contributed by atoms with Gasteiger partial charge in [-0.15, -0.1) is 0 Å². The minimum atomic E-state index is 0.595. The van der Waals surface area contributed by atoms with E-state index in [1.54, 1.807) is 0 Å². The van der Waals surface area contributed by atoms with Gasteiger partial charge in [0.05, 0.1) is 6.54 Å². The highest BCUT2D eigenvalue weighted by atomic mass is 16.1. The summed E-state index contributed by atoms with van der Waals surface area (Å²) >= 11 is 0. The van der Waals surface area contributed by atoms with E-state index in [-0.39, 0.29) is 0 Å². The van der Waals surface area contributed by atoms with Crippen LogP contribution in [-0.2, 0) is 4.79 Å². The van der Waals surface area contributed by atoms with Crippen molar-refractivity contribution in [3.05, 3.63) is 0 Å². The molecule has 0 radical (unpaired) electrons. The van der Waals surface area contributed by atoms with Gasteiger partial charge in [0.1, 0.15) is 6.29 Å². The van der Waals surface area contributed by atoms with Crippen LogP contribution < -0.4 is 0 Å². The largest absolute Gasteiger partial charge is 0.302 e. The average molecular weight is 169 g/mol. The molecule has 0 aliphatic heterocycles. The predicted molar refractivity (Wildman–Crippen MR) is 50.1 cm³/mol. The summed E-state index contributed by atoms with van der Waals surface area (Å²) in [5.74, 6) is 0.845. The Balaban J connectivity index is 2.34. The van der Waals surface area contributed by atoms with Crippen molar-refractivity contribution in [2.45, 2.75) is 38.6 Å². The summed E-state index contributed by atoms with van der Waals surface area (Å²) in [6, 6.07) is 0.652. The summed E-state index contributed by atoms with van der Waals surface area (Å²) in [5.41, 5.74) is 0. The minimum Gasteiger partial charge on any atom is -0.302 e. The Labute approximate surface area is 74.9 Å². The third-order valence-corrected chi connectivity index (χ3v) is 2.89. The van der Waals surface area contributed by atoms with Crippen molar-refractivity contribution in [1.29, 1.82) is 0 Å². The van der Waals surface area contributed by atoms with Gasteiger partial charge in [-0.2, -0.15) is 0 Å². The van der Waals surface area contributed by atoms with E-state index >= 15 is 0 Å². The lowest BCUT2D eigenvalue weighted by atomic mass is 9.86. The summed E-state index contributed by atoms with van der Waals surface area (Å²) < 4.78 is 0. The second-order valence-corrected chi connectivity index (χ2v) is 4.03. The molecule has 1 aliphatic carbocycles. The quantitative estimate of drug-likeness (QED) is 0.599. The molecule has 2 atom stereocenters. The molecule has 0 heterocycles. The molecule has 70 valence electrons. The van der Waals surface area contributed by atoms with Crippen LogP contribution in [0.25, 0.3) is 0 Å². The summed E-state index contributed by atoms with van der Waals surface area (Å²) in [6.45, 7) is 2.90. The van der Waals surface area contributed by atoms with Crippen LogP contribution in [0.4, 0.5) is 0 Å². The van der Waals surface area contributed by atoms with Crippen molar-refractivity contribution in [1.82, 2.24) is 4.90 Å². The second kappa shape index (κ2) is 4.61. The summed E-state index contributed by atoms with van der Waals surface area (Å²) in [4.78, 5) is 12.5. The number of nitrogens with zero attached hydrogens (tertiary/aromatic N) is 1. The van der Waals surface area contributed by atoms with Gasteiger partial charge in [0, 0.05) is 6.04 Å². The molecule has 0 aromatic heterocycles. The van der Waals surface area contributed by atoms with Crippen LogP contribution in [0.15, 0.2) is 0 Å². The Kier molecular flexibility index (Phi) is 3.73. The molecule has 2 unspecified atom stereocenters. The lowest BCUT2D eigenvalue weighted by Crippen LogP contribution is -2.36. The zero-order valence-corrected chi connectivity index (χ0v) is 8.12. The SMILES string of the molecule is CC1CCCC(N(C)CC=O)C1. The van der Waals surface area contributed by atoms with Gasteiger partial charge in [-0.25, -0.2) is 0 Å². The summed E-state index contributed by atoms with van der Waals surface area (Å²) in [6.07, 6.45) is 6.23. The van der Waals surface area contributed by atoms with Gasteiger partial charge < -0.3 is 4.79 Å². The molecule has 2 heteroatoms. The molecule has 1 rings (SSSR count). The Morgan fingerprint density at radius 2 is 2.25 bits per heavy atom. The van der Waals surface area contributed by atoms with E-state index in [0.29, 0.717) is 12.6 Å². The first-order chi connectivity index (χ1) is 5.74. The van der Waals surface area contributed by atoms with Crippen LogP contribution in [0.5, 0.6) is 0 Å². The molecule has 0 aromatic carbocycles. The van der Waals surface area contributed by atoms with Crippen LogP contribution in [0.2, 0.25) is 0 Å². The standard InChI is InChI=1S/C10H19NO/c1-9-4-3-5-10(8-9)11(2)6-7-12/h7,9-10H,3-6,8H2,1-2H3. The topological polar surface area (TPSA) is 20.3 Å². The third-order valence-electron chi connectivity index (χ3n) is 2.89. The van der Waals surface area contributed by atoms with E-state index in [4.69, 9.17) is 0 Å². The number of carbonyl (C=O) groups is 1. The van der Waals surface area contributed by atoms with Crippen LogP contribution in [0, 0.1) is 5.92 Å². The number of rotatable bonds is 3. The van der Waals surface area contributed by atoms with Crippen LogP contribution in [0.3, 0.4) is 0 Å². The zero-order valence-electron chi connectivity index (χ0n) is 8.12. The number of carbonyl (C=O) groups excluding carboxylic acids is 1. The van der Waals surface area contributed by atoms with Crippen LogP contribution >= 0.6 is 0 Å². The average Bonchev–Trinajstić information content (AvgIpc) is 2.05. The van der Waals surface area contributed by atoms with Gasteiger partial charge in [-0.1, -0.05) is 19.8 Å². The third kappa shape index (κ3) is 2.59. The Morgan fingerprint density at radius 1 is 1.50 bits per heavy atom. The number of hydrogen-bond donors (Lipinski definition) is 0. The van der Waals surface area contributed by atoms with Gasteiger partial charge in [-0.3, -0.25) is 4.90 Å². The summed E-state index contributed by atoms with van der Waals surface area (Å²) in [5, 5.41) is 0. The fourth-order valence-electron chi connectivity index (χ4n) is 2.07. The number of aldehydes is 1. The van der Waals surface area contributed by atoms with Crippen molar-refractivity contribution >= 4 is 6.29 Å². The lowest BCUT2D eigenvalue weighted by Gasteiger charge is -2.32. The molecular weight excluding hydrogens is 150 g/mol. The number of hydrogen-bond acceptors (Lipinski definition) is 2. The molecule has 1 saturated carbocycles. The highest BCUT2D eigenvalue weighted by Crippen LogP contribution is 2.26. The maximum atomic E-state index is 10.3. The molecule has 0 N–H and O–H groups in total. The van der Waals surface area contributed by atoms with E-state index in [9.17, 15) is 4.79 Å². The fraction of sp³-hybridized carbons (Fsp3) is 0.900.